The van der Waals surface area contributed by atoms with Crippen LogP contribution in [0.5, 0.6) is 0 Å². The highest BCUT2D eigenvalue weighted by atomic mass is 16.2. The van der Waals surface area contributed by atoms with Crippen LogP contribution in [-0.2, 0) is 0 Å². The molecule has 6 heteroatoms. The van der Waals surface area contributed by atoms with E-state index in [4.69, 9.17) is 0 Å². The van der Waals surface area contributed by atoms with Gasteiger partial charge in [-0.2, -0.15) is 0 Å². The molecule has 0 unspecified atom stereocenters. The molecule has 1 N–H and O–H groups in total. The molecule has 6 nitrogen and oxygen atoms in total. The highest BCUT2D eigenvalue weighted by Gasteiger charge is 2.38. The average Bonchev–Trinajstić information content (AvgIpc) is 3.03. The second kappa shape index (κ2) is 5.16. The Kier molecular flexibility index (Phi) is 3.50. The van der Waals surface area contributed by atoms with Crippen molar-refractivity contribution >= 4 is 5.91 Å². The zero-order valence-corrected chi connectivity index (χ0v) is 12.3. The standard InChI is InChI=1S/C14H23N5O/c1-3-14(4-2)5-6-18(10-14)13(20)12-9-19(17-16-12)11-7-15-8-11/h9,11,15H,3-8,10H2,1-2H3. The van der Waals surface area contributed by atoms with E-state index in [-0.39, 0.29) is 5.91 Å². The second-order valence-electron chi connectivity index (χ2n) is 6.08. The Bertz CT molecular complexity index is 490. The van der Waals surface area contributed by atoms with Gasteiger partial charge in [0.25, 0.3) is 5.91 Å². The Morgan fingerprint density at radius 2 is 2.20 bits per heavy atom. The van der Waals surface area contributed by atoms with Gasteiger partial charge in [-0.15, -0.1) is 5.10 Å². The fourth-order valence-corrected chi connectivity index (χ4v) is 3.11. The van der Waals surface area contributed by atoms with Crippen molar-refractivity contribution in [2.75, 3.05) is 26.2 Å². The lowest BCUT2D eigenvalue weighted by Crippen LogP contribution is -2.43. The van der Waals surface area contributed by atoms with Gasteiger partial charge in [0.1, 0.15) is 0 Å². The highest BCUT2D eigenvalue weighted by Crippen LogP contribution is 2.37. The molecule has 2 fully saturated rings. The summed E-state index contributed by atoms with van der Waals surface area (Å²) in [4.78, 5) is 14.4. The smallest absolute Gasteiger partial charge is 0.276 e. The number of hydrogen-bond acceptors (Lipinski definition) is 4. The summed E-state index contributed by atoms with van der Waals surface area (Å²) in [6.07, 6.45) is 5.17. The van der Waals surface area contributed by atoms with Gasteiger partial charge < -0.3 is 10.2 Å². The number of carbonyl (C=O) groups excluding carboxylic acids is 1. The van der Waals surface area contributed by atoms with E-state index < -0.39 is 0 Å². The average molecular weight is 277 g/mol. The van der Waals surface area contributed by atoms with Crippen molar-refractivity contribution in [3.8, 4) is 0 Å². The molecule has 2 aliphatic heterocycles. The number of carbonyl (C=O) groups is 1. The minimum atomic E-state index is 0.0345. The Hall–Kier alpha value is -1.43. The number of nitrogens with one attached hydrogen (secondary N) is 1. The summed E-state index contributed by atoms with van der Waals surface area (Å²) in [6, 6.07) is 0.355. The van der Waals surface area contributed by atoms with Crippen LogP contribution in [0.25, 0.3) is 0 Å². The molecule has 1 aromatic rings. The maximum atomic E-state index is 12.5. The van der Waals surface area contributed by atoms with E-state index in [1.54, 1.807) is 6.20 Å². The molecule has 110 valence electrons. The lowest BCUT2D eigenvalue weighted by atomic mass is 9.82. The first-order valence-corrected chi connectivity index (χ1v) is 7.59. The van der Waals surface area contributed by atoms with Gasteiger partial charge in [-0.3, -0.25) is 4.79 Å². The predicted molar refractivity (Wildman–Crippen MR) is 75.5 cm³/mol. The van der Waals surface area contributed by atoms with Crippen LogP contribution >= 0.6 is 0 Å². The second-order valence-corrected chi connectivity index (χ2v) is 6.08. The molecule has 0 bridgehead atoms. The molecule has 3 heterocycles. The van der Waals surface area contributed by atoms with Crippen LogP contribution in [0, 0.1) is 5.41 Å². The third-order valence-electron chi connectivity index (χ3n) is 5.09. The SMILES string of the molecule is CCC1(CC)CCN(C(=O)c2cn(C3CNC3)nn2)C1. The molecule has 20 heavy (non-hydrogen) atoms. The van der Waals surface area contributed by atoms with E-state index in [1.807, 2.05) is 9.58 Å². The molecule has 2 aliphatic rings. The van der Waals surface area contributed by atoms with E-state index >= 15 is 0 Å². The fraction of sp³-hybridized carbons (Fsp3) is 0.786. The minimum Gasteiger partial charge on any atom is -0.337 e. The third kappa shape index (κ3) is 2.22. The molecule has 1 aromatic heterocycles. The number of hydrogen-bond donors (Lipinski definition) is 1. The molecular weight excluding hydrogens is 254 g/mol. The van der Waals surface area contributed by atoms with E-state index in [2.05, 4.69) is 29.5 Å². The van der Waals surface area contributed by atoms with Crippen molar-refractivity contribution in [3.05, 3.63) is 11.9 Å². The van der Waals surface area contributed by atoms with Gasteiger partial charge in [-0.05, 0) is 24.7 Å². The number of rotatable bonds is 4. The summed E-state index contributed by atoms with van der Waals surface area (Å²) in [6.45, 7) is 7.97. The highest BCUT2D eigenvalue weighted by molar-refractivity contribution is 5.92. The molecule has 0 saturated carbocycles. The van der Waals surface area contributed by atoms with Crippen LogP contribution in [0.1, 0.15) is 49.6 Å². The minimum absolute atomic E-state index is 0.0345. The lowest BCUT2D eigenvalue weighted by molar-refractivity contribution is 0.0764. The van der Waals surface area contributed by atoms with Crippen LogP contribution in [0.3, 0.4) is 0 Å². The summed E-state index contributed by atoms with van der Waals surface area (Å²) < 4.78 is 1.81. The van der Waals surface area contributed by atoms with Crippen molar-refractivity contribution in [2.45, 2.75) is 39.2 Å². The predicted octanol–water partition coefficient (Wildman–Crippen LogP) is 1.07. The first kappa shape index (κ1) is 13.5. The topological polar surface area (TPSA) is 63.1 Å². The van der Waals surface area contributed by atoms with Gasteiger partial charge in [-0.25, -0.2) is 4.68 Å². The lowest BCUT2D eigenvalue weighted by Gasteiger charge is -2.26. The Balaban J connectivity index is 1.68. The maximum absolute atomic E-state index is 12.5. The van der Waals surface area contributed by atoms with Crippen molar-refractivity contribution in [3.63, 3.8) is 0 Å². The van der Waals surface area contributed by atoms with Crippen LogP contribution < -0.4 is 5.32 Å². The quantitative estimate of drug-likeness (QED) is 0.894. The third-order valence-corrected chi connectivity index (χ3v) is 5.09. The fourth-order valence-electron chi connectivity index (χ4n) is 3.11. The molecule has 0 atom stereocenters. The Morgan fingerprint density at radius 3 is 2.75 bits per heavy atom. The molecule has 0 spiro atoms. The van der Waals surface area contributed by atoms with Crippen molar-refractivity contribution in [2.24, 2.45) is 5.41 Å². The molecule has 3 rings (SSSR count). The number of nitrogens with zero attached hydrogens (tertiary/aromatic N) is 4. The summed E-state index contributed by atoms with van der Waals surface area (Å²) in [5.74, 6) is 0.0345. The van der Waals surface area contributed by atoms with Gasteiger partial charge in [0.2, 0.25) is 0 Å². The molecule has 2 saturated heterocycles. The van der Waals surface area contributed by atoms with Gasteiger partial charge in [0.05, 0.1) is 12.2 Å². The maximum Gasteiger partial charge on any atom is 0.276 e. The van der Waals surface area contributed by atoms with Gasteiger partial charge in [0.15, 0.2) is 5.69 Å². The molecular formula is C14H23N5O. The molecule has 1 amide bonds. The van der Waals surface area contributed by atoms with Gasteiger partial charge >= 0.3 is 0 Å². The summed E-state index contributed by atoms with van der Waals surface area (Å²) in [5, 5.41) is 11.3. The largest absolute Gasteiger partial charge is 0.337 e. The first-order valence-electron chi connectivity index (χ1n) is 7.59. The zero-order valence-electron chi connectivity index (χ0n) is 12.3. The van der Waals surface area contributed by atoms with Crippen molar-refractivity contribution < 1.29 is 4.79 Å². The van der Waals surface area contributed by atoms with Crippen LogP contribution in [0.2, 0.25) is 0 Å². The van der Waals surface area contributed by atoms with E-state index in [9.17, 15) is 4.79 Å². The van der Waals surface area contributed by atoms with E-state index in [0.29, 0.717) is 17.2 Å². The number of aromatic nitrogens is 3. The van der Waals surface area contributed by atoms with Crippen LogP contribution in [0.4, 0.5) is 0 Å². The Labute approximate surface area is 119 Å². The molecule has 0 aromatic carbocycles. The van der Waals surface area contributed by atoms with Crippen molar-refractivity contribution in [1.29, 1.82) is 0 Å². The van der Waals surface area contributed by atoms with Crippen LogP contribution in [0.15, 0.2) is 6.20 Å². The normalized spacial score (nSPS) is 22.0. The van der Waals surface area contributed by atoms with Crippen molar-refractivity contribution in [1.82, 2.24) is 25.2 Å². The molecule has 0 radical (unpaired) electrons. The Morgan fingerprint density at radius 1 is 1.45 bits per heavy atom. The zero-order chi connectivity index (χ0) is 14.2. The number of amides is 1. The molecule has 0 aliphatic carbocycles. The van der Waals surface area contributed by atoms with Crippen LogP contribution in [-0.4, -0.2) is 52.0 Å². The van der Waals surface area contributed by atoms with E-state index in [1.165, 1.54) is 0 Å². The van der Waals surface area contributed by atoms with Gasteiger partial charge in [0, 0.05) is 26.2 Å². The monoisotopic (exact) mass is 277 g/mol. The summed E-state index contributed by atoms with van der Waals surface area (Å²) in [7, 11) is 0. The summed E-state index contributed by atoms with van der Waals surface area (Å²) in [5.41, 5.74) is 0.795. The van der Waals surface area contributed by atoms with E-state index in [0.717, 1.165) is 45.4 Å². The van der Waals surface area contributed by atoms with Gasteiger partial charge in [-0.1, -0.05) is 19.1 Å². The first-order chi connectivity index (χ1) is 9.67. The summed E-state index contributed by atoms with van der Waals surface area (Å²) >= 11 is 0. The number of likely N-dealkylation sites (tertiary alicyclic amines) is 1.